The fourth-order valence-electron chi connectivity index (χ4n) is 1.71. The minimum Gasteiger partial charge on any atom is -0.338 e. The van der Waals surface area contributed by atoms with E-state index in [-0.39, 0.29) is 5.91 Å². The monoisotopic (exact) mass is 341 g/mol. The number of thiophene rings is 1. The molecular formula is C10H10BrCl2NOS. The normalized spacial score (nSPS) is 17.8. The first kappa shape index (κ1) is 12.7. The highest BCUT2D eigenvalue weighted by Crippen LogP contribution is 2.32. The van der Waals surface area contributed by atoms with E-state index < -0.39 is 0 Å². The maximum absolute atomic E-state index is 12.1. The Balaban J connectivity index is 2.10. The Morgan fingerprint density at radius 2 is 2.06 bits per heavy atom. The number of rotatable bonds is 1. The van der Waals surface area contributed by atoms with Crippen molar-refractivity contribution in [3.8, 4) is 0 Å². The summed E-state index contributed by atoms with van der Waals surface area (Å²) in [5.74, 6) is -0.00690. The second-order valence-electron chi connectivity index (χ2n) is 3.70. The molecule has 6 heteroatoms. The van der Waals surface area contributed by atoms with Crippen LogP contribution >= 0.6 is 50.5 Å². The molecule has 0 unspecified atom stereocenters. The van der Waals surface area contributed by atoms with E-state index in [0.29, 0.717) is 19.1 Å². The van der Waals surface area contributed by atoms with Gasteiger partial charge in [0.15, 0.2) is 0 Å². The lowest BCUT2D eigenvalue weighted by Crippen LogP contribution is -2.38. The van der Waals surface area contributed by atoms with Crippen LogP contribution < -0.4 is 0 Å². The molecule has 88 valence electrons. The Morgan fingerprint density at radius 3 is 2.56 bits per heavy atom. The van der Waals surface area contributed by atoms with Gasteiger partial charge in [-0.05, 0) is 18.9 Å². The van der Waals surface area contributed by atoms with E-state index in [4.69, 9.17) is 23.2 Å². The van der Waals surface area contributed by atoms with Crippen molar-refractivity contribution in [3.05, 3.63) is 20.3 Å². The number of nitrogens with zero attached hydrogens (tertiary/aromatic N) is 1. The summed E-state index contributed by atoms with van der Waals surface area (Å²) in [5.41, 5.74) is 0.532. The van der Waals surface area contributed by atoms with Crippen LogP contribution in [0.1, 0.15) is 23.2 Å². The second-order valence-corrected chi connectivity index (χ2v) is 7.29. The molecule has 0 bridgehead atoms. The molecule has 2 rings (SSSR count). The first-order chi connectivity index (χ1) is 7.58. The first-order valence-corrected chi connectivity index (χ1v) is 7.45. The van der Waals surface area contributed by atoms with Crippen LogP contribution in [-0.4, -0.2) is 28.7 Å². The molecule has 1 fully saturated rings. The van der Waals surface area contributed by atoms with Gasteiger partial charge in [0.25, 0.3) is 5.91 Å². The van der Waals surface area contributed by atoms with Crippen molar-refractivity contribution >= 4 is 56.4 Å². The quantitative estimate of drug-likeness (QED) is 0.705. The van der Waals surface area contributed by atoms with Gasteiger partial charge in [0, 0.05) is 17.9 Å². The summed E-state index contributed by atoms with van der Waals surface area (Å²) < 4.78 is 1.04. The molecule has 0 spiro atoms. The van der Waals surface area contributed by atoms with Crippen LogP contribution in [0.15, 0.2) is 6.07 Å². The van der Waals surface area contributed by atoms with Gasteiger partial charge in [-0.2, -0.15) is 0 Å². The van der Waals surface area contributed by atoms with E-state index in [9.17, 15) is 4.79 Å². The van der Waals surface area contributed by atoms with Crippen molar-refractivity contribution in [1.29, 1.82) is 0 Å². The summed E-state index contributed by atoms with van der Waals surface area (Å²) in [6.07, 6.45) is 1.97. The van der Waals surface area contributed by atoms with Crippen LogP contribution in [0.25, 0.3) is 0 Å². The van der Waals surface area contributed by atoms with Gasteiger partial charge in [-0.15, -0.1) is 11.3 Å². The zero-order chi connectivity index (χ0) is 11.7. The van der Waals surface area contributed by atoms with Crippen LogP contribution in [0.3, 0.4) is 0 Å². The molecule has 0 N–H and O–H groups in total. The average molecular weight is 343 g/mol. The number of carbonyl (C=O) groups excluding carboxylic acids is 1. The van der Waals surface area contributed by atoms with Gasteiger partial charge < -0.3 is 4.90 Å². The van der Waals surface area contributed by atoms with E-state index in [1.165, 1.54) is 11.3 Å². The Morgan fingerprint density at radius 1 is 1.44 bits per heavy atom. The van der Waals surface area contributed by atoms with Crippen molar-refractivity contribution < 1.29 is 4.79 Å². The highest BCUT2D eigenvalue weighted by molar-refractivity contribution is 9.09. The van der Waals surface area contributed by atoms with Crippen molar-refractivity contribution in [2.45, 2.75) is 17.7 Å². The molecule has 0 aromatic carbocycles. The smallest absolute Gasteiger partial charge is 0.256 e. The summed E-state index contributed by atoms with van der Waals surface area (Å²) in [7, 11) is 0. The Labute approximate surface area is 117 Å². The minimum atomic E-state index is -0.00690. The maximum Gasteiger partial charge on any atom is 0.256 e. The number of alkyl halides is 1. The molecule has 1 saturated heterocycles. The molecule has 0 aliphatic carbocycles. The number of hydrogen-bond donors (Lipinski definition) is 0. The molecule has 0 radical (unpaired) electrons. The molecule has 1 aromatic heterocycles. The number of likely N-dealkylation sites (tertiary alicyclic amines) is 1. The fourth-order valence-corrected chi connectivity index (χ4v) is 3.56. The van der Waals surface area contributed by atoms with Crippen molar-refractivity contribution in [2.75, 3.05) is 13.1 Å². The molecule has 1 aliphatic rings. The van der Waals surface area contributed by atoms with Gasteiger partial charge in [0.2, 0.25) is 0 Å². The summed E-state index contributed by atoms with van der Waals surface area (Å²) in [6.45, 7) is 1.55. The number of hydrogen-bond acceptors (Lipinski definition) is 2. The number of piperidine rings is 1. The van der Waals surface area contributed by atoms with Crippen LogP contribution in [-0.2, 0) is 0 Å². The van der Waals surface area contributed by atoms with E-state index >= 15 is 0 Å². The molecular weight excluding hydrogens is 333 g/mol. The fraction of sp³-hybridized carbons (Fsp3) is 0.500. The summed E-state index contributed by atoms with van der Waals surface area (Å²) in [5, 5.41) is 0. The van der Waals surface area contributed by atoms with Crippen LogP contribution in [0, 0.1) is 0 Å². The van der Waals surface area contributed by atoms with Gasteiger partial charge in [-0.25, -0.2) is 0 Å². The van der Waals surface area contributed by atoms with E-state index in [1.54, 1.807) is 6.07 Å². The third-order valence-electron chi connectivity index (χ3n) is 2.60. The second kappa shape index (κ2) is 5.25. The largest absolute Gasteiger partial charge is 0.338 e. The van der Waals surface area contributed by atoms with Gasteiger partial charge in [0.1, 0.15) is 4.34 Å². The van der Waals surface area contributed by atoms with Crippen molar-refractivity contribution in [3.63, 3.8) is 0 Å². The topological polar surface area (TPSA) is 20.3 Å². The van der Waals surface area contributed by atoms with Crippen LogP contribution in [0.4, 0.5) is 0 Å². The van der Waals surface area contributed by atoms with E-state index in [0.717, 1.165) is 25.9 Å². The maximum atomic E-state index is 12.1. The van der Waals surface area contributed by atoms with Crippen molar-refractivity contribution in [1.82, 2.24) is 4.90 Å². The molecule has 2 nitrogen and oxygen atoms in total. The Hall–Kier alpha value is 0.230. The van der Waals surface area contributed by atoms with Crippen LogP contribution in [0.2, 0.25) is 8.67 Å². The molecule has 1 amide bonds. The third kappa shape index (κ3) is 2.73. The van der Waals surface area contributed by atoms with Crippen LogP contribution in [0.5, 0.6) is 0 Å². The van der Waals surface area contributed by atoms with Gasteiger partial charge in [-0.3, -0.25) is 4.79 Å². The third-order valence-corrected chi connectivity index (χ3v) is 5.00. The highest BCUT2D eigenvalue weighted by Gasteiger charge is 2.24. The molecule has 1 aliphatic heterocycles. The average Bonchev–Trinajstić information content (AvgIpc) is 2.58. The van der Waals surface area contributed by atoms with Crippen molar-refractivity contribution in [2.24, 2.45) is 0 Å². The summed E-state index contributed by atoms with van der Waals surface area (Å²) in [6, 6.07) is 1.65. The number of carbonyl (C=O) groups is 1. The molecule has 0 atom stereocenters. The molecule has 1 aromatic rings. The van der Waals surface area contributed by atoms with Gasteiger partial charge >= 0.3 is 0 Å². The van der Waals surface area contributed by atoms with E-state index in [2.05, 4.69) is 15.9 Å². The molecule has 16 heavy (non-hydrogen) atoms. The lowest BCUT2D eigenvalue weighted by molar-refractivity contribution is 0.0729. The number of amides is 1. The zero-order valence-corrected chi connectivity index (χ0v) is 12.3. The lowest BCUT2D eigenvalue weighted by Gasteiger charge is -2.29. The zero-order valence-electron chi connectivity index (χ0n) is 8.38. The summed E-state index contributed by atoms with van der Waals surface area (Å²) in [4.78, 5) is 14.5. The predicted octanol–water partition coefficient (Wildman–Crippen LogP) is 4.05. The Bertz CT molecular complexity index is 402. The number of halogens is 3. The standard InChI is InChI=1S/C10H10BrCl2NOS/c11-6-1-3-14(4-2-6)10(15)7-5-8(12)16-9(7)13/h5-6H,1-4H2. The van der Waals surface area contributed by atoms with E-state index in [1.807, 2.05) is 4.90 Å². The molecule has 0 saturated carbocycles. The summed E-state index contributed by atoms with van der Waals surface area (Å²) >= 11 is 16.6. The highest BCUT2D eigenvalue weighted by atomic mass is 79.9. The minimum absolute atomic E-state index is 0.00690. The Kier molecular flexibility index (Phi) is 4.16. The van der Waals surface area contributed by atoms with Gasteiger partial charge in [0.05, 0.1) is 9.90 Å². The SMILES string of the molecule is O=C(c1cc(Cl)sc1Cl)N1CCC(Br)CC1. The lowest BCUT2D eigenvalue weighted by atomic mass is 10.1. The molecule has 2 heterocycles. The first-order valence-electron chi connectivity index (χ1n) is 4.96. The van der Waals surface area contributed by atoms with Gasteiger partial charge in [-0.1, -0.05) is 39.1 Å². The predicted molar refractivity (Wildman–Crippen MR) is 72.2 cm³/mol.